The lowest BCUT2D eigenvalue weighted by molar-refractivity contribution is -0.145. The third-order valence-corrected chi connectivity index (χ3v) is 2.04. The zero-order valence-corrected chi connectivity index (χ0v) is 7.74. The summed E-state index contributed by atoms with van der Waals surface area (Å²) in [5.41, 5.74) is 0. The van der Waals surface area contributed by atoms with Crippen molar-refractivity contribution in [2.24, 2.45) is 5.92 Å². The van der Waals surface area contributed by atoms with Crippen LogP contribution in [0.4, 0.5) is 0 Å². The molecule has 0 aromatic heterocycles. The van der Waals surface area contributed by atoms with Gasteiger partial charge in [0.15, 0.2) is 0 Å². The fraction of sp³-hybridized carbons (Fsp3) is 0.556. The van der Waals surface area contributed by atoms with Gasteiger partial charge in [-0.25, -0.2) is 0 Å². The number of hydrogen-bond donors (Lipinski definition) is 1. The van der Waals surface area contributed by atoms with Gasteiger partial charge in [0, 0.05) is 6.92 Å². The molecule has 0 heterocycles. The molecule has 1 amide bonds. The first-order valence-electron chi connectivity index (χ1n) is 4.16. The molecule has 0 spiro atoms. The fourth-order valence-electron chi connectivity index (χ4n) is 1.43. The van der Waals surface area contributed by atoms with Gasteiger partial charge in [-0.05, 0) is 6.42 Å². The second-order valence-corrected chi connectivity index (χ2v) is 3.02. The summed E-state index contributed by atoms with van der Waals surface area (Å²) in [6, 6.07) is -0.204. The van der Waals surface area contributed by atoms with Crippen molar-refractivity contribution in [3.8, 4) is 0 Å². The van der Waals surface area contributed by atoms with Gasteiger partial charge in [-0.2, -0.15) is 0 Å². The molecule has 0 saturated carbocycles. The highest BCUT2D eigenvalue weighted by Gasteiger charge is 2.30. The topological polar surface area (TPSA) is 55.4 Å². The van der Waals surface area contributed by atoms with E-state index in [-0.39, 0.29) is 23.8 Å². The first-order chi connectivity index (χ1) is 6.15. The van der Waals surface area contributed by atoms with Crippen molar-refractivity contribution in [1.82, 2.24) is 5.32 Å². The van der Waals surface area contributed by atoms with E-state index in [1.165, 1.54) is 14.0 Å². The molecule has 4 heteroatoms. The monoisotopic (exact) mass is 183 g/mol. The summed E-state index contributed by atoms with van der Waals surface area (Å²) in [6.07, 6.45) is 4.34. The smallest absolute Gasteiger partial charge is 0.311 e. The van der Waals surface area contributed by atoms with E-state index in [1.54, 1.807) is 0 Å². The number of ether oxygens (including phenoxy) is 1. The normalized spacial score (nSPS) is 25.7. The highest BCUT2D eigenvalue weighted by Crippen LogP contribution is 2.19. The van der Waals surface area contributed by atoms with Crippen LogP contribution in [0.15, 0.2) is 12.2 Å². The number of allylic oxidation sites excluding steroid dienone is 1. The minimum Gasteiger partial charge on any atom is -0.469 e. The van der Waals surface area contributed by atoms with Gasteiger partial charge in [-0.15, -0.1) is 0 Å². The first kappa shape index (κ1) is 9.77. The summed E-state index contributed by atoms with van der Waals surface area (Å²) < 4.78 is 4.62. The molecule has 13 heavy (non-hydrogen) atoms. The average Bonchev–Trinajstić information content (AvgIpc) is 2.50. The molecule has 0 saturated heterocycles. The predicted octanol–water partition coefficient (Wildman–Crippen LogP) is 0.240. The molecule has 1 N–H and O–H groups in total. The molecule has 0 aromatic rings. The van der Waals surface area contributed by atoms with Crippen LogP contribution in [0.5, 0.6) is 0 Å². The Morgan fingerprint density at radius 3 is 2.77 bits per heavy atom. The molecule has 1 aliphatic rings. The van der Waals surface area contributed by atoms with Crippen LogP contribution in [0.2, 0.25) is 0 Å². The fourth-order valence-corrected chi connectivity index (χ4v) is 1.43. The molecule has 0 aliphatic heterocycles. The largest absolute Gasteiger partial charge is 0.469 e. The van der Waals surface area contributed by atoms with Crippen LogP contribution >= 0.6 is 0 Å². The zero-order valence-electron chi connectivity index (χ0n) is 7.74. The maximum absolute atomic E-state index is 11.2. The third-order valence-electron chi connectivity index (χ3n) is 2.04. The van der Waals surface area contributed by atoms with E-state index in [2.05, 4.69) is 10.1 Å². The SMILES string of the molecule is COC(=O)C1CC=CC1NC(C)=O. The van der Waals surface area contributed by atoms with Crippen LogP contribution in [0, 0.1) is 5.92 Å². The lowest BCUT2D eigenvalue weighted by atomic mass is 10.0. The summed E-state index contributed by atoms with van der Waals surface area (Å²) in [5.74, 6) is -0.664. The molecule has 1 aliphatic carbocycles. The van der Waals surface area contributed by atoms with Crippen molar-refractivity contribution in [3.63, 3.8) is 0 Å². The van der Waals surface area contributed by atoms with Gasteiger partial charge >= 0.3 is 5.97 Å². The molecule has 4 nitrogen and oxygen atoms in total. The summed E-state index contributed by atoms with van der Waals surface area (Å²) in [7, 11) is 1.35. The van der Waals surface area contributed by atoms with E-state index in [0.29, 0.717) is 6.42 Å². The van der Waals surface area contributed by atoms with E-state index in [1.807, 2.05) is 12.2 Å². The maximum Gasteiger partial charge on any atom is 0.311 e. The van der Waals surface area contributed by atoms with Crippen molar-refractivity contribution in [2.75, 3.05) is 7.11 Å². The lowest BCUT2D eigenvalue weighted by Crippen LogP contribution is -2.39. The summed E-state index contributed by atoms with van der Waals surface area (Å²) >= 11 is 0. The van der Waals surface area contributed by atoms with Gasteiger partial charge in [0.2, 0.25) is 5.91 Å². The van der Waals surface area contributed by atoms with E-state index in [9.17, 15) is 9.59 Å². The van der Waals surface area contributed by atoms with Crippen LogP contribution in [0.3, 0.4) is 0 Å². The second kappa shape index (κ2) is 4.07. The molecule has 2 unspecified atom stereocenters. The molecule has 0 radical (unpaired) electrons. The van der Waals surface area contributed by atoms with Crippen LogP contribution in [-0.2, 0) is 14.3 Å². The number of carbonyl (C=O) groups is 2. The number of rotatable bonds is 2. The Morgan fingerprint density at radius 1 is 1.54 bits per heavy atom. The Balaban J connectivity index is 2.57. The Hall–Kier alpha value is -1.32. The summed E-state index contributed by atoms with van der Waals surface area (Å²) in [5, 5.41) is 2.68. The van der Waals surface area contributed by atoms with Crippen LogP contribution < -0.4 is 5.32 Å². The summed E-state index contributed by atoms with van der Waals surface area (Å²) in [4.78, 5) is 22.0. The predicted molar refractivity (Wildman–Crippen MR) is 46.9 cm³/mol. The van der Waals surface area contributed by atoms with Crippen molar-refractivity contribution >= 4 is 11.9 Å². The van der Waals surface area contributed by atoms with Crippen LogP contribution in [-0.4, -0.2) is 25.0 Å². The van der Waals surface area contributed by atoms with Gasteiger partial charge in [0.05, 0.1) is 19.1 Å². The minimum absolute atomic E-state index is 0.134. The van der Waals surface area contributed by atoms with E-state index in [0.717, 1.165) is 0 Å². The van der Waals surface area contributed by atoms with E-state index >= 15 is 0 Å². The Morgan fingerprint density at radius 2 is 2.23 bits per heavy atom. The van der Waals surface area contributed by atoms with Gasteiger partial charge in [-0.3, -0.25) is 9.59 Å². The number of nitrogens with one attached hydrogen (secondary N) is 1. The zero-order chi connectivity index (χ0) is 9.84. The summed E-state index contributed by atoms with van der Waals surface area (Å²) in [6.45, 7) is 1.43. The molecule has 0 bridgehead atoms. The molecular weight excluding hydrogens is 170 g/mol. The van der Waals surface area contributed by atoms with Crippen molar-refractivity contribution in [1.29, 1.82) is 0 Å². The number of methoxy groups -OCH3 is 1. The third kappa shape index (κ3) is 2.31. The van der Waals surface area contributed by atoms with Gasteiger partial charge in [0.25, 0.3) is 0 Å². The average molecular weight is 183 g/mol. The van der Waals surface area contributed by atoms with Crippen LogP contribution in [0.25, 0.3) is 0 Å². The van der Waals surface area contributed by atoms with Gasteiger partial charge < -0.3 is 10.1 Å². The number of esters is 1. The quantitative estimate of drug-likeness (QED) is 0.493. The van der Waals surface area contributed by atoms with Crippen LogP contribution in [0.1, 0.15) is 13.3 Å². The van der Waals surface area contributed by atoms with E-state index in [4.69, 9.17) is 0 Å². The Kier molecular flexibility index (Phi) is 3.06. The highest BCUT2D eigenvalue weighted by atomic mass is 16.5. The molecule has 2 atom stereocenters. The number of amides is 1. The van der Waals surface area contributed by atoms with Gasteiger partial charge in [0.1, 0.15) is 0 Å². The molecule has 72 valence electrons. The molecule has 1 rings (SSSR count). The van der Waals surface area contributed by atoms with Crippen molar-refractivity contribution in [2.45, 2.75) is 19.4 Å². The van der Waals surface area contributed by atoms with Gasteiger partial charge in [-0.1, -0.05) is 12.2 Å². The standard InChI is InChI=1S/C9H13NO3/c1-6(11)10-8-5-3-4-7(8)9(12)13-2/h3,5,7-8H,4H2,1-2H3,(H,10,11). The highest BCUT2D eigenvalue weighted by molar-refractivity contribution is 5.78. The van der Waals surface area contributed by atoms with Crippen molar-refractivity contribution < 1.29 is 14.3 Å². The Bertz CT molecular complexity index is 247. The number of carbonyl (C=O) groups excluding carboxylic acids is 2. The second-order valence-electron chi connectivity index (χ2n) is 3.02. The lowest BCUT2D eigenvalue weighted by Gasteiger charge is -2.17. The number of hydrogen-bond acceptors (Lipinski definition) is 3. The Labute approximate surface area is 76.9 Å². The molecular formula is C9H13NO3. The van der Waals surface area contributed by atoms with Crippen molar-refractivity contribution in [3.05, 3.63) is 12.2 Å². The molecule has 0 fully saturated rings. The minimum atomic E-state index is -0.274. The van der Waals surface area contributed by atoms with E-state index < -0.39 is 0 Å². The maximum atomic E-state index is 11.2. The molecule has 0 aromatic carbocycles. The first-order valence-corrected chi connectivity index (χ1v) is 4.16.